The Morgan fingerprint density at radius 2 is 1.97 bits per heavy atom. The lowest BCUT2D eigenvalue weighted by atomic mass is 9.60. The Hall–Kier alpha value is -2.84. The highest BCUT2D eigenvalue weighted by molar-refractivity contribution is 5.87. The number of para-hydroxylation sites is 1. The maximum atomic E-state index is 13.2. The first-order chi connectivity index (χ1) is 17.3. The maximum absolute atomic E-state index is 13.2. The van der Waals surface area contributed by atoms with Crippen LogP contribution in [-0.2, 0) is 23.8 Å². The van der Waals surface area contributed by atoms with Gasteiger partial charge in [0, 0.05) is 61.6 Å². The number of carbonyl (C=O) groups excluding carboxylic acids is 2. The molecule has 0 amide bonds. The third-order valence-electron chi connectivity index (χ3n) is 8.15. The molecule has 4 atom stereocenters. The summed E-state index contributed by atoms with van der Waals surface area (Å²) in [6, 6.07) is 7.90. The molecule has 3 heterocycles. The van der Waals surface area contributed by atoms with Crippen LogP contribution in [0.2, 0.25) is 0 Å². The van der Waals surface area contributed by atoms with Crippen LogP contribution in [0.1, 0.15) is 51.0 Å². The third kappa shape index (κ3) is 4.52. The van der Waals surface area contributed by atoms with Gasteiger partial charge in [0.2, 0.25) is 5.72 Å². The van der Waals surface area contributed by atoms with Crippen molar-refractivity contribution in [2.45, 2.75) is 51.2 Å². The molecule has 8 heteroatoms. The van der Waals surface area contributed by atoms with Gasteiger partial charge < -0.3 is 29.1 Å². The second-order valence-corrected chi connectivity index (χ2v) is 9.94. The number of rotatable bonds is 7. The minimum Gasteiger partial charge on any atom is -0.466 e. The van der Waals surface area contributed by atoms with Crippen molar-refractivity contribution in [3.8, 4) is 0 Å². The number of carbonyl (C=O) groups is 2. The van der Waals surface area contributed by atoms with Crippen LogP contribution in [0, 0.1) is 11.3 Å². The number of piperidine rings is 1. The van der Waals surface area contributed by atoms with E-state index in [0.717, 1.165) is 42.8 Å². The predicted molar refractivity (Wildman–Crippen MR) is 136 cm³/mol. The standard InChI is InChI=1S/C28H38N2O6/c1-5-27-13-9-14-29(15-12-25(31)34-3)17-20-16-24(22(27)18-36-6-2)30(23-11-8-7-10-21(20)23)28(33,19-27)26(32)35-4/h7-8,10-12,15-16,20,22,33H,5-6,9,13-14,17-19H2,1-4H3/b15-12+. The van der Waals surface area contributed by atoms with Crippen LogP contribution in [0.25, 0.3) is 0 Å². The zero-order valence-corrected chi connectivity index (χ0v) is 21.7. The summed E-state index contributed by atoms with van der Waals surface area (Å²) in [5, 5.41) is 12.1. The molecule has 3 aliphatic rings. The molecule has 1 N–H and O–H groups in total. The Morgan fingerprint density at radius 3 is 2.67 bits per heavy atom. The Kier molecular flexibility index (Phi) is 7.76. The van der Waals surface area contributed by atoms with Crippen LogP contribution in [-0.4, -0.2) is 68.2 Å². The van der Waals surface area contributed by atoms with Gasteiger partial charge in [-0.25, -0.2) is 9.59 Å². The SMILES string of the molecule is CCOCC1C2=CC3CN(/C=C/C(=O)OC)CCCC1(CC)CC(O)(C(=O)OC)N2c1ccccc13. The first-order valence-corrected chi connectivity index (χ1v) is 12.8. The van der Waals surface area contributed by atoms with Gasteiger partial charge in [-0.1, -0.05) is 31.2 Å². The van der Waals surface area contributed by atoms with Crippen LogP contribution >= 0.6 is 0 Å². The summed E-state index contributed by atoms with van der Waals surface area (Å²) in [5.41, 5.74) is 0.541. The third-order valence-corrected chi connectivity index (χ3v) is 8.15. The first kappa shape index (κ1) is 26.2. The van der Waals surface area contributed by atoms with Gasteiger partial charge in [0.25, 0.3) is 0 Å². The average Bonchev–Trinajstić information content (AvgIpc) is 2.89. The molecule has 3 aliphatic heterocycles. The topological polar surface area (TPSA) is 88.5 Å². The molecule has 4 unspecified atom stereocenters. The van der Waals surface area contributed by atoms with Gasteiger partial charge in [-0.2, -0.15) is 0 Å². The molecule has 3 bridgehead atoms. The average molecular weight is 499 g/mol. The fourth-order valence-electron chi connectivity index (χ4n) is 6.34. The second-order valence-electron chi connectivity index (χ2n) is 9.94. The molecule has 8 nitrogen and oxygen atoms in total. The molecular weight excluding hydrogens is 460 g/mol. The van der Waals surface area contributed by atoms with Crippen molar-refractivity contribution >= 4 is 17.6 Å². The Labute approximate surface area is 213 Å². The quantitative estimate of drug-likeness (QED) is 0.451. The molecule has 36 heavy (non-hydrogen) atoms. The molecule has 1 saturated heterocycles. The van der Waals surface area contributed by atoms with E-state index in [-0.39, 0.29) is 29.6 Å². The smallest absolute Gasteiger partial charge is 0.359 e. The van der Waals surface area contributed by atoms with E-state index in [1.54, 1.807) is 4.90 Å². The van der Waals surface area contributed by atoms with Crippen molar-refractivity contribution in [3.63, 3.8) is 0 Å². The maximum Gasteiger partial charge on any atom is 0.359 e. The number of hydrogen-bond donors (Lipinski definition) is 1. The van der Waals surface area contributed by atoms with Crippen LogP contribution < -0.4 is 4.90 Å². The molecule has 0 radical (unpaired) electrons. The van der Waals surface area contributed by atoms with E-state index in [1.807, 2.05) is 37.4 Å². The first-order valence-electron chi connectivity index (χ1n) is 12.8. The highest BCUT2D eigenvalue weighted by Gasteiger charge is 2.60. The summed E-state index contributed by atoms with van der Waals surface area (Å²) < 4.78 is 16.0. The number of anilines is 1. The zero-order chi connectivity index (χ0) is 25.9. The number of esters is 2. The van der Waals surface area contributed by atoms with Gasteiger partial charge in [-0.3, -0.25) is 0 Å². The fourth-order valence-corrected chi connectivity index (χ4v) is 6.34. The van der Waals surface area contributed by atoms with Crippen molar-refractivity contribution in [1.29, 1.82) is 0 Å². The highest BCUT2D eigenvalue weighted by Crippen LogP contribution is 2.57. The summed E-state index contributed by atoms with van der Waals surface area (Å²) in [4.78, 5) is 29.0. The summed E-state index contributed by atoms with van der Waals surface area (Å²) in [7, 11) is 2.70. The van der Waals surface area contributed by atoms with Gasteiger partial charge in [0.1, 0.15) is 0 Å². The number of hydrogen-bond acceptors (Lipinski definition) is 8. The number of benzene rings is 1. The molecule has 0 spiro atoms. The van der Waals surface area contributed by atoms with Crippen LogP contribution in [0.5, 0.6) is 0 Å². The largest absolute Gasteiger partial charge is 0.466 e. The lowest BCUT2D eigenvalue weighted by molar-refractivity contribution is -0.172. The summed E-state index contributed by atoms with van der Waals surface area (Å²) in [6.45, 7) is 6.61. The molecule has 1 aromatic rings. The summed E-state index contributed by atoms with van der Waals surface area (Å²) in [6.07, 6.45) is 8.12. The Morgan fingerprint density at radius 1 is 1.19 bits per heavy atom. The fraction of sp³-hybridized carbons (Fsp3) is 0.571. The number of nitrogens with zero attached hydrogens (tertiary/aromatic N) is 2. The van der Waals surface area contributed by atoms with Gasteiger partial charge in [0.05, 0.1) is 20.8 Å². The van der Waals surface area contributed by atoms with E-state index in [2.05, 4.69) is 17.9 Å². The molecule has 0 aromatic heterocycles. The molecule has 1 fully saturated rings. The summed E-state index contributed by atoms with van der Waals surface area (Å²) in [5.74, 6) is -1.02. The Bertz CT molecular complexity index is 1040. The van der Waals surface area contributed by atoms with E-state index < -0.39 is 11.7 Å². The van der Waals surface area contributed by atoms with Gasteiger partial charge in [-0.05, 0) is 43.2 Å². The van der Waals surface area contributed by atoms with Gasteiger partial charge >= 0.3 is 11.9 Å². The number of methoxy groups -OCH3 is 2. The van der Waals surface area contributed by atoms with E-state index in [4.69, 9.17) is 14.2 Å². The van der Waals surface area contributed by atoms with Crippen molar-refractivity contribution in [2.75, 3.05) is 45.4 Å². The minimum absolute atomic E-state index is 0.00785. The van der Waals surface area contributed by atoms with Crippen LogP contribution in [0.4, 0.5) is 5.69 Å². The lowest BCUT2D eigenvalue weighted by Crippen LogP contribution is -2.65. The van der Waals surface area contributed by atoms with E-state index in [9.17, 15) is 14.7 Å². The molecule has 0 saturated carbocycles. The van der Waals surface area contributed by atoms with E-state index in [0.29, 0.717) is 19.8 Å². The number of fused-ring (bicyclic) bond motifs is 5. The number of ether oxygens (including phenoxy) is 3. The van der Waals surface area contributed by atoms with Crippen molar-refractivity contribution in [3.05, 3.63) is 53.9 Å². The van der Waals surface area contributed by atoms with Crippen molar-refractivity contribution in [1.82, 2.24) is 4.90 Å². The molecule has 4 rings (SSSR count). The van der Waals surface area contributed by atoms with E-state index >= 15 is 0 Å². The predicted octanol–water partition coefficient (Wildman–Crippen LogP) is 3.57. The number of aliphatic hydroxyl groups is 1. The zero-order valence-electron chi connectivity index (χ0n) is 21.7. The highest BCUT2D eigenvalue weighted by atomic mass is 16.5. The van der Waals surface area contributed by atoms with Crippen molar-refractivity contribution < 1.29 is 28.9 Å². The second kappa shape index (κ2) is 10.6. The molecule has 1 aromatic carbocycles. The lowest BCUT2D eigenvalue weighted by Gasteiger charge is -2.58. The van der Waals surface area contributed by atoms with Crippen LogP contribution in [0.3, 0.4) is 0 Å². The van der Waals surface area contributed by atoms with Crippen molar-refractivity contribution in [2.24, 2.45) is 11.3 Å². The van der Waals surface area contributed by atoms with Gasteiger partial charge in [0.15, 0.2) is 0 Å². The summed E-state index contributed by atoms with van der Waals surface area (Å²) >= 11 is 0. The molecule has 196 valence electrons. The molecular formula is C28H38N2O6. The van der Waals surface area contributed by atoms with Gasteiger partial charge in [-0.15, -0.1) is 0 Å². The van der Waals surface area contributed by atoms with E-state index in [1.165, 1.54) is 20.3 Å². The Balaban J connectivity index is 1.91. The normalized spacial score (nSPS) is 29.5. The monoisotopic (exact) mass is 498 g/mol. The van der Waals surface area contributed by atoms with Crippen LogP contribution in [0.15, 0.2) is 48.3 Å². The minimum atomic E-state index is -1.82. The molecule has 0 aliphatic carbocycles.